The van der Waals surface area contributed by atoms with E-state index in [4.69, 9.17) is 9.47 Å². The summed E-state index contributed by atoms with van der Waals surface area (Å²) in [6, 6.07) is 7.15. The molecule has 190 valence electrons. The number of anilines is 1. The van der Waals surface area contributed by atoms with Crippen molar-refractivity contribution in [2.75, 3.05) is 18.7 Å². The number of thiazole rings is 2. The molecule has 0 bridgehead atoms. The Balaban J connectivity index is 1.59. The van der Waals surface area contributed by atoms with Crippen molar-refractivity contribution >= 4 is 51.6 Å². The Labute approximate surface area is 217 Å². The number of urea groups is 1. The summed E-state index contributed by atoms with van der Waals surface area (Å²) >= 11 is 2.17. The fraction of sp³-hybridized carbons (Fsp3) is 0.217. The SMILES string of the molecule is O=C([O-])c1csc(NC(=O)[C@H](Cc2cscn2)[N+]2(C3=C(Cc4ccccc4)OCO3)C(=O)CNC2=O)n1. The summed E-state index contributed by atoms with van der Waals surface area (Å²) in [6.07, 6.45) is 0.127. The molecule has 0 saturated carbocycles. The molecular formula is C23H19N5O7S2. The smallest absolute Gasteiger partial charge is 0.433 e. The zero-order valence-electron chi connectivity index (χ0n) is 19.0. The molecule has 4 amide bonds. The number of rotatable bonds is 9. The highest BCUT2D eigenvalue weighted by molar-refractivity contribution is 7.14. The molecule has 2 N–H and O–H groups in total. The van der Waals surface area contributed by atoms with Crippen LogP contribution in [0.4, 0.5) is 9.93 Å². The van der Waals surface area contributed by atoms with E-state index in [1.54, 1.807) is 10.9 Å². The number of hydrogen-bond donors (Lipinski definition) is 2. The molecule has 0 spiro atoms. The number of carbonyl (C=O) groups is 4. The van der Waals surface area contributed by atoms with Crippen LogP contribution in [-0.4, -0.2) is 57.6 Å². The first kappa shape index (κ1) is 24.5. The van der Waals surface area contributed by atoms with Crippen molar-refractivity contribution in [1.29, 1.82) is 0 Å². The van der Waals surface area contributed by atoms with Gasteiger partial charge in [-0.15, -0.1) is 22.7 Å². The Bertz CT molecular complexity index is 1370. The quantitative estimate of drug-likeness (QED) is 0.297. The van der Waals surface area contributed by atoms with Crippen LogP contribution in [0.15, 0.2) is 58.2 Å². The van der Waals surface area contributed by atoms with E-state index >= 15 is 0 Å². The van der Waals surface area contributed by atoms with Crippen molar-refractivity contribution < 1.29 is 38.2 Å². The molecule has 1 saturated heterocycles. The van der Waals surface area contributed by atoms with Gasteiger partial charge in [0.25, 0.3) is 5.91 Å². The van der Waals surface area contributed by atoms with Gasteiger partial charge in [-0.1, -0.05) is 34.8 Å². The predicted molar refractivity (Wildman–Crippen MR) is 128 cm³/mol. The van der Waals surface area contributed by atoms with Gasteiger partial charge in [-0.3, -0.25) is 15.4 Å². The van der Waals surface area contributed by atoms with Gasteiger partial charge in [0.05, 0.1) is 29.3 Å². The lowest BCUT2D eigenvalue weighted by Gasteiger charge is -2.32. The molecule has 1 aromatic carbocycles. The van der Waals surface area contributed by atoms with Crippen molar-refractivity contribution in [1.82, 2.24) is 15.3 Å². The molecule has 14 heteroatoms. The number of hydrogen-bond acceptors (Lipinski definition) is 11. The number of benzene rings is 1. The lowest BCUT2D eigenvalue weighted by Crippen LogP contribution is -2.64. The van der Waals surface area contributed by atoms with Gasteiger partial charge < -0.3 is 19.4 Å². The number of carbonyl (C=O) groups excluding carboxylic acids is 4. The third-order valence-electron chi connectivity index (χ3n) is 5.90. The van der Waals surface area contributed by atoms with Crippen LogP contribution in [0.3, 0.4) is 0 Å². The topological polar surface area (TPSA) is 160 Å². The highest BCUT2D eigenvalue weighted by Gasteiger charge is 2.65. The number of carboxylic acids is 1. The van der Waals surface area contributed by atoms with E-state index in [1.165, 1.54) is 16.7 Å². The van der Waals surface area contributed by atoms with Crippen LogP contribution in [0.1, 0.15) is 21.7 Å². The van der Waals surface area contributed by atoms with Gasteiger partial charge in [0.2, 0.25) is 12.6 Å². The first-order chi connectivity index (χ1) is 17.9. The Morgan fingerprint density at radius 1 is 1.19 bits per heavy atom. The average molecular weight is 542 g/mol. The summed E-state index contributed by atoms with van der Waals surface area (Å²) in [5.41, 5.74) is 2.55. The number of amides is 4. The number of imide groups is 1. The number of aromatic carboxylic acids is 1. The standard InChI is InChI=1S/C23H19N5O7S2/c29-18-8-24-23(33)28(18,20-17(34-12-35-20)6-13-4-2-1-3-5-13)16(7-14-9-36-11-25-14)19(30)27-22-26-15(10-37-22)21(31)32/h1-5,9-11,16H,6-8,12H2,(H2-,24,26,27,30,31,32,33)/t16-,28?/m0/s1. The monoisotopic (exact) mass is 541 g/mol. The molecular weight excluding hydrogens is 522 g/mol. The summed E-state index contributed by atoms with van der Waals surface area (Å²) in [5, 5.41) is 19.1. The molecule has 5 rings (SSSR count). The molecule has 2 aromatic heterocycles. The van der Waals surface area contributed by atoms with Crippen molar-refractivity contribution in [3.63, 3.8) is 0 Å². The van der Waals surface area contributed by atoms with Gasteiger partial charge in [0.1, 0.15) is 6.54 Å². The third kappa shape index (κ3) is 4.57. The number of allylic oxidation sites excluding steroid dienone is 1. The van der Waals surface area contributed by atoms with E-state index in [2.05, 4.69) is 20.6 Å². The Morgan fingerprint density at radius 3 is 2.65 bits per heavy atom. The summed E-state index contributed by atoms with van der Waals surface area (Å²) in [6.45, 7) is -0.554. The van der Waals surface area contributed by atoms with Crippen LogP contribution < -0.4 is 15.7 Å². The molecule has 2 aliphatic rings. The average Bonchev–Trinajstić information content (AvgIpc) is 3.69. The number of aromatic nitrogens is 2. The first-order valence-electron chi connectivity index (χ1n) is 11.0. The molecule has 0 aliphatic carbocycles. The highest BCUT2D eigenvalue weighted by atomic mass is 32.1. The molecule has 3 aromatic rings. The second-order valence-electron chi connectivity index (χ2n) is 8.09. The maximum absolute atomic E-state index is 13.7. The molecule has 37 heavy (non-hydrogen) atoms. The minimum Gasteiger partial charge on any atom is -0.543 e. The number of quaternary nitrogens is 1. The predicted octanol–water partition coefficient (Wildman–Crippen LogP) is 0.996. The van der Waals surface area contributed by atoms with Crippen LogP contribution in [0.25, 0.3) is 0 Å². The van der Waals surface area contributed by atoms with Crippen LogP contribution in [0, 0.1) is 0 Å². The van der Waals surface area contributed by atoms with Gasteiger partial charge >= 0.3 is 17.8 Å². The number of nitrogens with zero attached hydrogens (tertiary/aromatic N) is 3. The minimum atomic E-state index is -1.50. The fourth-order valence-electron chi connectivity index (χ4n) is 4.24. The zero-order valence-corrected chi connectivity index (χ0v) is 20.7. The largest absolute Gasteiger partial charge is 0.543 e. The van der Waals surface area contributed by atoms with Crippen LogP contribution >= 0.6 is 22.7 Å². The summed E-state index contributed by atoms with van der Waals surface area (Å²) in [5.74, 6) is -2.68. The molecule has 1 fully saturated rings. The van der Waals surface area contributed by atoms with Crippen LogP contribution in [0.5, 0.6) is 0 Å². The molecule has 2 aliphatic heterocycles. The Kier molecular flexibility index (Phi) is 6.69. The Hall–Kier alpha value is -4.14. The number of ether oxygens (including phenoxy) is 2. The molecule has 0 radical (unpaired) electrons. The summed E-state index contributed by atoms with van der Waals surface area (Å²) in [7, 11) is 0. The zero-order chi connectivity index (χ0) is 26.0. The van der Waals surface area contributed by atoms with Crippen molar-refractivity contribution in [2.24, 2.45) is 0 Å². The van der Waals surface area contributed by atoms with Gasteiger partial charge in [0.15, 0.2) is 11.2 Å². The maximum Gasteiger partial charge on any atom is 0.433 e. The third-order valence-corrected chi connectivity index (χ3v) is 7.29. The van der Waals surface area contributed by atoms with Crippen LogP contribution in [-0.2, 0) is 31.9 Å². The second-order valence-corrected chi connectivity index (χ2v) is 9.66. The molecule has 1 unspecified atom stereocenters. The van der Waals surface area contributed by atoms with Crippen molar-refractivity contribution in [3.05, 3.63) is 75.2 Å². The van der Waals surface area contributed by atoms with Crippen molar-refractivity contribution in [3.8, 4) is 0 Å². The van der Waals surface area contributed by atoms with Gasteiger partial charge in [-0.2, -0.15) is 0 Å². The molecule has 2 atom stereocenters. The fourth-order valence-corrected chi connectivity index (χ4v) is 5.49. The molecule has 4 heterocycles. The lowest BCUT2D eigenvalue weighted by atomic mass is 10.0. The Morgan fingerprint density at radius 2 is 2.00 bits per heavy atom. The van der Waals surface area contributed by atoms with Gasteiger partial charge in [-0.25, -0.2) is 19.6 Å². The van der Waals surface area contributed by atoms with E-state index in [9.17, 15) is 24.3 Å². The van der Waals surface area contributed by atoms with E-state index in [1.807, 2.05) is 30.3 Å². The summed E-state index contributed by atoms with van der Waals surface area (Å²) < 4.78 is 10.4. The lowest BCUT2D eigenvalue weighted by molar-refractivity contribution is -0.763. The summed E-state index contributed by atoms with van der Waals surface area (Å²) in [4.78, 5) is 59.9. The van der Waals surface area contributed by atoms with Gasteiger partial charge in [0, 0.05) is 17.2 Å². The number of nitrogens with one attached hydrogen (secondary N) is 2. The first-order valence-corrected chi connectivity index (χ1v) is 12.8. The maximum atomic E-state index is 13.7. The highest BCUT2D eigenvalue weighted by Crippen LogP contribution is 2.37. The normalized spacial score (nSPS) is 19.8. The van der Waals surface area contributed by atoms with E-state index < -0.39 is 34.3 Å². The van der Waals surface area contributed by atoms with Crippen LogP contribution in [0.2, 0.25) is 0 Å². The second kappa shape index (κ2) is 10.1. The van der Waals surface area contributed by atoms with E-state index in [0.717, 1.165) is 16.9 Å². The van der Waals surface area contributed by atoms with E-state index in [0.29, 0.717) is 5.69 Å². The van der Waals surface area contributed by atoms with Crippen molar-refractivity contribution in [2.45, 2.75) is 18.9 Å². The van der Waals surface area contributed by atoms with E-state index in [-0.39, 0.29) is 48.6 Å². The number of carboxylic acid groups (broad SMARTS) is 1. The molecule has 12 nitrogen and oxygen atoms in total. The minimum absolute atomic E-state index is 0.0280. The van der Waals surface area contributed by atoms with Gasteiger partial charge in [-0.05, 0) is 5.56 Å².